The van der Waals surface area contributed by atoms with Gasteiger partial charge in [0.25, 0.3) is 0 Å². The zero-order valence-corrected chi connectivity index (χ0v) is 15.9. The Morgan fingerprint density at radius 2 is 1.62 bits per heavy atom. The van der Waals surface area contributed by atoms with Gasteiger partial charge in [0.05, 0.1) is 5.54 Å². The third-order valence-corrected chi connectivity index (χ3v) is 7.83. The van der Waals surface area contributed by atoms with Crippen molar-refractivity contribution in [3.8, 4) is 0 Å². The van der Waals surface area contributed by atoms with Crippen molar-refractivity contribution >= 4 is 11.9 Å². The van der Waals surface area contributed by atoms with E-state index >= 15 is 0 Å². The highest BCUT2D eigenvalue weighted by Gasteiger charge is 2.55. The summed E-state index contributed by atoms with van der Waals surface area (Å²) in [4.78, 5) is 20.4. The van der Waals surface area contributed by atoms with Gasteiger partial charge < -0.3 is 0 Å². The molecule has 0 N–H and O–H groups in total. The molecule has 3 aliphatic carbocycles. The number of hydrogen-bond donors (Lipinski definition) is 0. The second-order valence-corrected chi connectivity index (χ2v) is 9.14. The van der Waals surface area contributed by atoms with E-state index in [-0.39, 0.29) is 11.5 Å². The van der Waals surface area contributed by atoms with E-state index in [2.05, 4.69) is 14.6 Å². The second-order valence-electron chi connectivity index (χ2n) is 9.14. The van der Waals surface area contributed by atoms with Gasteiger partial charge in [0, 0.05) is 17.9 Å². The SMILES string of the molecule is O=C(C1CCCCC1)N1c2ncnn2C2(CCCCC2)C2CCCCC21. The molecular formula is C21H32N4O. The number of carbonyl (C=O) groups is 1. The molecule has 4 aliphatic rings. The Hall–Kier alpha value is -1.39. The first kappa shape index (κ1) is 16.8. The number of amides is 1. The van der Waals surface area contributed by atoms with E-state index in [4.69, 9.17) is 5.10 Å². The minimum absolute atomic E-state index is 0.124. The summed E-state index contributed by atoms with van der Waals surface area (Å²) < 4.78 is 2.21. The van der Waals surface area contributed by atoms with Crippen LogP contribution < -0.4 is 4.90 Å². The van der Waals surface area contributed by atoms with Crippen LogP contribution in [0, 0.1) is 11.8 Å². The van der Waals surface area contributed by atoms with Crippen LogP contribution in [0.25, 0.3) is 0 Å². The van der Waals surface area contributed by atoms with Crippen LogP contribution in [-0.4, -0.2) is 26.7 Å². The third kappa shape index (κ3) is 2.45. The molecule has 0 radical (unpaired) electrons. The molecule has 142 valence electrons. The fourth-order valence-electron chi connectivity index (χ4n) is 6.62. The summed E-state index contributed by atoms with van der Waals surface area (Å²) >= 11 is 0. The number of hydrogen-bond acceptors (Lipinski definition) is 3. The molecule has 3 fully saturated rings. The van der Waals surface area contributed by atoms with Gasteiger partial charge in [0.2, 0.25) is 11.9 Å². The van der Waals surface area contributed by atoms with Crippen molar-refractivity contribution in [1.29, 1.82) is 0 Å². The molecule has 3 saturated carbocycles. The Labute approximate surface area is 156 Å². The molecule has 0 saturated heterocycles. The molecule has 1 amide bonds. The summed E-state index contributed by atoms with van der Waals surface area (Å²) in [6.07, 6.45) is 18.8. The van der Waals surface area contributed by atoms with E-state index < -0.39 is 0 Å². The maximum Gasteiger partial charge on any atom is 0.232 e. The van der Waals surface area contributed by atoms with Gasteiger partial charge in [0.1, 0.15) is 6.33 Å². The Morgan fingerprint density at radius 1 is 0.923 bits per heavy atom. The molecule has 5 heteroatoms. The molecular weight excluding hydrogens is 324 g/mol. The molecule has 26 heavy (non-hydrogen) atoms. The van der Waals surface area contributed by atoms with Gasteiger partial charge in [-0.2, -0.15) is 10.1 Å². The average molecular weight is 357 g/mol. The molecule has 0 bridgehead atoms. The number of anilines is 1. The van der Waals surface area contributed by atoms with Crippen LogP contribution in [0.1, 0.15) is 89.9 Å². The van der Waals surface area contributed by atoms with Gasteiger partial charge in [0.15, 0.2) is 0 Å². The fraction of sp³-hybridized carbons (Fsp3) is 0.857. The number of rotatable bonds is 1. The van der Waals surface area contributed by atoms with Gasteiger partial charge in [-0.25, -0.2) is 4.68 Å². The number of fused-ring (bicyclic) bond motifs is 4. The van der Waals surface area contributed by atoms with Crippen LogP contribution in [0.15, 0.2) is 6.33 Å². The Kier molecular flexibility index (Phi) is 4.29. The van der Waals surface area contributed by atoms with Gasteiger partial charge in [-0.1, -0.05) is 51.4 Å². The van der Waals surface area contributed by atoms with Crippen molar-refractivity contribution in [3.05, 3.63) is 6.33 Å². The lowest BCUT2D eigenvalue weighted by atomic mass is 9.64. The van der Waals surface area contributed by atoms with Gasteiger partial charge >= 0.3 is 0 Å². The third-order valence-electron chi connectivity index (χ3n) is 7.83. The molecule has 5 nitrogen and oxygen atoms in total. The first-order valence-corrected chi connectivity index (χ1v) is 11.0. The molecule has 1 aliphatic heterocycles. The van der Waals surface area contributed by atoms with Crippen LogP contribution in [0.4, 0.5) is 5.95 Å². The highest BCUT2D eigenvalue weighted by atomic mass is 16.2. The predicted octanol–water partition coefficient (Wildman–Crippen LogP) is 4.42. The average Bonchev–Trinajstić information content (AvgIpc) is 3.20. The topological polar surface area (TPSA) is 51.0 Å². The minimum atomic E-state index is 0.124. The lowest BCUT2D eigenvalue weighted by molar-refractivity contribution is -0.125. The minimum Gasteiger partial charge on any atom is -0.277 e. The maximum atomic E-state index is 13.6. The van der Waals surface area contributed by atoms with E-state index in [0.717, 1.165) is 25.2 Å². The van der Waals surface area contributed by atoms with E-state index in [0.29, 0.717) is 17.9 Å². The molecule has 1 spiro atoms. The Morgan fingerprint density at radius 3 is 2.42 bits per heavy atom. The fourth-order valence-corrected chi connectivity index (χ4v) is 6.62. The zero-order chi connectivity index (χ0) is 17.6. The van der Waals surface area contributed by atoms with Gasteiger partial charge in [-0.05, 0) is 38.5 Å². The van der Waals surface area contributed by atoms with Crippen molar-refractivity contribution in [2.24, 2.45) is 11.8 Å². The Bertz CT molecular complexity index is 657. The first-order valence-electron chi connectivity index (χ1n) is 11.0. The van der Waals surface area contributed by atoms with Crippen molar-refractivity contribution < 1.29 is 4.79 Å². The number of aromatic nitrogens is 3. The van der Waals surface area contributed by atoms with E-state index in [1.54, 1.807) is 6.33 Å². The molecule has 0 aromatic carbocycles. The first-order chi connectivity index (χ1) is 12.8. The lowest BCUT2D eigenvalue weighted by Crippen LogP contribution is -2.62. The second kappa shape index (κ2) is 6.65. The monoisotopic (exact) mass is 356 g/mol. The summed E-state index contributed by atoms with van der Waals surface area (Å²) in [5.41, 5.74) is 0.124. The summed E-state index contributed by atoms with van der Waals surface area (Å²) in [5.74, 6) is 1.99. The van der Waals surface area contributed by atoms with Crippen LogP contribution in [0.5, 0.6) is 0 Å². The van der Waals surface area contributed by atoms with Crippen molar-refractivity contribution in [2.75, 3.05) is 4.90 Å². The van der Waals surface area contributed by atoms with Gasteiger partial charge in [-0.15, -0.1) is 0 Å². The maximum absolute atomic E-state index is 13.6. The molecule has 2 unspecified atom stereocenters. The smallest absolute Gasteiger partial charge is 0.232 e. The zero-order valence-electron chi connectivity index (χ0n) is 15.9. The summed E-state index contributed by atoms with van der Waals surface area (Å²) in [6.45, 7) is 0. The van der Waals surface area contributed by atoms with Crippen molar-refractivity contribution in [2.45, 2.75) is 101 Å². The van der Waals surface area contributed by atoms with Crippen LogP contribution in [0.2, 0.25) is 0 Å². The summed E-state index contributed by atoms with van der Waals surface area (Å²) in [6, 6.07) is 0.355. The number of nitrogens with zero attached hydrogens (tertiary/aromatic N) is 4. The molecule has 1 aromatic rings. The normalized spacial score (nSPS) is 31.5. The molecule has 5 rings (SSSR count). The molecule has 2 heterocycles. The van der Waals surface area contributed by atoms with Crippen LogP contribution in [-0.2, 0) is 10.3 Å². The quantitative estimate of drug-likeness (QED) is 0.748. The summed E-state index contributed by atoms with van der Waals surface area (Å²) in [7, 11) is 0. The van der Waals surface area contributed by atoms with E-state index in [1.165, 1.54) is 70.6 Å². The van der Waals surface area contributed by atoms with Crippen molar-refractivity contribution in [3.63, 3.8) is 0 Å². The van der Waals surface area contributed by atoms with E-state index in [1.807, 2.05) is 0 Å². The summed E-state index contributed by atoms with van der Waals surface area (Å²) in [5, 5.41) is 4.71. The molecule has 1 aromatic heterocycles. The molecule has 2 atom stereocenters. The van der Waals surface area contributed by atoms with E-state index in [9.17, 15) is 4.79 Å². The number of carbonyl (C=O) groups excluding carboxylic acids is 1. The van der Waals surface area contributed by atoms with Crippen molar-refractivity contribution in [1.82, 2.24) is 14.8 Å². The lowest BCUT2D eigenvalue weighted by Gasteiger charge is -2.55. The predicted molar refractivity (Wildman–Crippen MR) is 101 cm³/mol. The van der Waals surface area contributed by atoms with Gasteiger partial charge in [-0.3, -0.25) is 9.69 Å². The van der Waals surface area contributed by atoms with Crippen LogP contribution >= 0.6 is 0 Å². The Balaban J connectivity index is 1.56. The highest BCUT2D eigenvalue weighted by molar-refractivity contribution is 5.94. The largest absolute Gasteiger partial charge is 0.277 e. The highest BCUT2D eigenvalue weighted by Crippen LogP contribution is 2.52. The standard InChI is InChI=1S/C21H32N4O/c26-19(16-9-3-1-4-10-16)24-18-12-6-5-11-17(18)21(13-7-2-8-14-21)25-20(24)22-15-23-25/h15-18H,1-14H2. The van der Waals surface area contributed by atoms with Crippen LogP contribution in [0.3, 0.4) is 0 Å².